The number of ether oxygens (including phenoxy) is 1. The first kappa shape index (κ1) is 19.8. The van der Waals surface area contributed by atoms with E-state index >= 15 is 0 Å². The molecule has 2 N–H and O–H groups in total. The zero-order chi connectivity index (χ0) is 20.8. The van der Waals surface area contributed by atoms with Crippen LogP contribution in [0.25, 0.3) is 6.08 Å². The van der Waals surface area contributed by atoms with Gasteiger partial charge in [-0.15, -0.1) is 0 Å². The van der Waals surface area contributed by atoms with Crippen LogP contribution in [0, 0.1) is 5.82 Å². The maximum Gasteiger partial charge on any atom is 0.329 e. The highest BCUT2D eigenvalue weighted by Crippen LogP contribution is 2.18. The third kappa shape index (κ3) is 4.86. The molecule has 0 aliphatic carbocycles. The molecule has 0 radical (unpaired) electrons. The summed E-state index contributed by atoms with van der Waals surface area (Å²) < 4.78 is 19.0. The summed E-state index contributed by atoms with van der Waals surface area (Å²) in [6.45, 7) is 3.41. The minimum Gasteiger partial charge on any atom is -0.490 e. The number of benzene rings is 2. The molecular formula is C21H18FN3O4. The van der Waals surface area contributed by atoms with E-state index in [1.807, 2.05) is 0 Å². The fourth-order valence-corrected chi connectivity index (χ4v) is 2.59. The van der Waals surface area contributed by atoms with Crippen molar-refractivity contribution in [2.75, 3.05) is 18.5 Å². The average molecular weight is 395 g/mol. The third-order valence-corrected chi connectivity index (χ3v) is 3.97. The van der Waals surface area contributed by atoms with Crippen molar-refractivity contribution >= 4 is 29.6 Å². The maximum absolute atomic E-state index is 13.6. The molecule has 0 atom stereocenters. The van der Waals surface area contributed by atoms with Crippen molar-refractivity contribution < 1.29 is 23.5 Å². The predicted octanol–water partition coefficient (Wildman–Crippen LogP) is 2.92. The van der Waals surface area contributed by atoms with Crippen molar-refractivity contribution in [3.8, 4) is 5.75 Å². The molecule has 0 unspecified atom stereocenters. The van der Waals surface area contributed by atoms with Crippen LogP contribution >= 0.6 is 0 Å². The third-order valence-electron chi connectivity index (χ3n) is 3.97. The Kier molecular flexibility index (Phi) is 6.03. The first-order chi connectivity index (χ1) is 14.0. The highest BCUT2D eigenvalue weighted by Gasteiger charge is 2.35. The van der Waals surface area contributed by atoms with Gasteiger partial charge in [-0.3, -0.25) is 9.59 Å². The summed E-state index contributed by atoms with van der Waals surface area (Å²) in [6.07, 6.45) is 3.12. The fraction of sp³-hybridized carbons (Fsp3) is 0.0952. The number of carbonyl (C=O) groups excluding carboxylic acids is 3. The SMILES string of the molecule is C=CCOc1ccc(/C=C2/NC(=O)N(CC(=O)Nc3ccccc3F)C2=O)cc1. The van der Waals surface area contributed by atoms with Crippen molar-refractivity contribution in [2.45, 2.75) is 0 Å². The van der Waals surface area contributed by atoms with Crippen molar-refractivity contribution in [1.29, 1.82) is 0 Å². The Morgan fingerprint density at radius 1 is 1.17 bits per heavy atom. The van der Waals surface area contributed by atoms with Crippen LogP contribution in [-0.2, 0) is 9.59 Å². The van der Waals surface area contributed by atoms with E-state index in [1.54, 1.807) is 36.4 Å². The van der Waals surface area contributed by atoms with Crippen LogP contribution in [0.1, 0.15) is 5.56 Å². The smallest absolute Gasteiger partial charge is 0.329 e. The summed E-state index contributed by atoms with van der Waals surface area (Å²) in [5, 5.41) is 4.77. The molecule has 1 aliphatic rings. The molecule has 2 aromatic rings. The van der Waals surface area contributed by atoms with Gasteiger partial charge in [0.25, 0.3) is 5.91 Å². The monoisotopic (exact) mass is 395 g/mol. The molecule has 29 heavy (non-hydrogen) atoms. The van der Waals surface area contributed by atoms with Crippen LogP contribution < -0.4 is 15.4 Å². The Morgan fingerprint density at radius 3 is 2.59 bits per heavy atom. The Hall–Kier alpha value is -3.94. The van der Waals surface area contributed by atoms with E-state index in [0.29, 0.717) is 17.9 Å². The summed E-state index contributed by atoms with van der Waals surface area (Å²) in [5.74, 6) is -1.31. The molecule has 0 bridgehead atoms. The lowest BCUT2D eigenvalue weighted by Gasteiger charge is -2.12. The normalized spacial score (nSPS) is 14.7. The number of para-hydroxylation sites is 1. The molecule has 3 rings (SSSR count). The van der Waals surface area contributed by atoms with E-state index in [9.17, 15) is 18.8 Å². The number of halogens is 1. The van der Waals surface area contributed by atoms with E-state index in [0.717, 1.165) is 4.90 Å². The zero-order valence-corrected chi connectivity index (χ0v) is 15.4. The molecule has 1 fully saturated rings. The average Bonchev–Trinajstić information content (AvgIpc) is 2.96. The number of imide groups is 1. The molecule has 4 amide bonds. The Morgan fingerprint density at radius 2 is 1.90 bits per heavy atom. The van der Waals surface area contributed by atoms with Gasteiger partial charge >= 0.3 is 6.03 Å². The molecule has 1 aliphatic heterocycles. The van der Waals surface area contributed by atoms with Gasteiger partial charge in [0.1, 0.15) is 30.4 Å². The second-order valence-corrected chi connectivity index (χ2v) is 6.08. The molecule has 1 saturated heterocycles. The van der Waals surface area contributed by atoms with Crippen LogP contribution in [0.5, 0.6) is 5.75 Å². The molecule has 0 aromatic heterocycles. The number of urea groups is 1. The van der Waals surface area contributed by atoms with Crippen molar-refractivity contribution in [1.82, 2.24) is 10.2 Å². The Labute approximate surface area is 166 Å². The summed E-state index contributed by atoms with van der Waals surface area (Å²) in [7, 11) is 0. The lowest BCUT2D eigenvalue weighted by molar-refractivity contribution is -0.127. The quantitative estimate of drug-likeness (QED) is 0.429. The topological polar surface area (TPSA) is 87.7 Å². The second-order valence-electron chi connectivity index (χ2n) is 6.08. The van der Waals surface area contributed by atoms with Gasteiger partial charge in [-0.25, -0.2) is 14.1 Å². The largest absolute Gasteiger partial charge is 0.490 e. The summed E-state index contributed by atoms with van der Waals surface area (Å²) in [4.78, 5) is 37.4. The van der Waals surface area contributed by atoms with E-state index in [1.165, 1.54) is 24.3 Å². The van der Waals surface area contributed by atoms with Crippen molar-refractivity contribution in [2.24, 2.45) is 0 Å². The number of hydrogen-bond donors (Lipinski definition) is 2. The summed E-state index contributed by atoms with van der Waals surface area (Å²) in [6, 6.07) is 11.8. The second kappa shape index (κ2) is 8.83. The van der Waals surface area contributed by atoms with Gasteiger partial charge in [-0.2, -0.15) is 0 Å². The summed E-state index contributed by atoms with van der Waals surface area (Å²) >= 11 is 0. The standard InChI is InChI=1S/C21H18FN3O4/c1-2-11-29-15-9-7-14(8-10-15)12-18-20(27)25(21(28)24-18)13-19(26)23-17-6-4-3-5-16(17)22/h2-10,12H,1,11,13H2,(H,23,26)(H,24,28)/b18-12+. The Balaban J connectivity index is 1.66. The van der Waals surface area contributed by atoms with E-state index in [-0.39, 0.29) is 11.4 Å². The fourth-order valence-electron chi connectivity index (χ4n) is 2.59. The van der Waals surface area contributed by atoms with Crippen LogP contribution in [0.3, 0.4) is 0 Å². The number of nitrogens with zero attached hydrogens (tertiary/aromatic N) is 1. The highest BCUT2D eigenvalue weighted by atomic mass is 19.1. The number of carbonyl (C=O) groups is 3. The van der Waals surface area contributed by atoms with Gasteiger partial charge in [0.15, 0.2) is 0 Å². The van der Waals surface area contributed by atoms with E-state index < -0.39 is 30.2 Å². The molecule has 0 spiro atoms. The van der Waals surface area contributed by atoms with Gasteiger partial charge < -0.3 is 15.4 Å². The van der Waals surface area contributed by atoms with E-state index in [4.69, 9.17) is 4.74 Å². The number of rotatable bonds is 7. The van der Waals surface area contributed by atoms with Gasteiger partial charge in [0.2, 0.25) is 5.91 Å². The van der Waals surface area contributed by atoms with Gasteiger partial charge in [0, 0.05) is 0 Å². The first-order valence-corrected chi connectivity index (χ1v) is 8.70. The maximum atomic E-state index is 13.6. The lowest BCUT2D eigenvalue weighted by atomic mass is 10.2. The first-order valence-electron chi connectivity index (χ1n) is 8.70. The molecule has 7 nitrogen and oxygen atoms in total. The van der Waals surface area contributed by atoms with E-state index in [2.05, 4.69) is 17.2 Å². The predicted molar refractivity (Wildman–Crippen MR) is 105 cm³/mol. The van der Waals surface area contributed by atoms with Gasteiger partial charge in [0.05, 0.1) is 5.69 Å². The minimum atomic E-state index is -0.726. The number of nitrogens with one attached hydrogen (secondary N) is 2. The van der Waals surface area contributed by atoms with Crippen LogP contribution in [-0.4, -0.2) is 35.9 Å². The number of amides is 4. The molecule has 8 heteroatoms. The number of anilines is 1. The molecule has 148 valence electrons. The highest BCUT2D eigenvalue weighted by molar-refractivity contribution is 6.15. The summed E-state index contributed by atoms with van der Waals surface area (Å²) in [5.41, 5.74) is 0.671. The van der Waals surface area contributed by atoms with Crippen molar-refractivity contribution in [3.63, 3.8) is 0 Å². The molecule has 1 heterocycles. The van der Waals surface area contributed by atoms with Gasteiger partial charge in [-0.1, -0.05) is 36.9 Å². The number of hydrogen-bond acceptors (Lipinski definition) is 4. The van der Waals surface area contributed by atoms with Crippen LogP contribution in [0.4, 0.5) is 14.9 Å². The Bertz CT molecular complexity index is 986. The molecule has 0 saturated carbocycles. The molecular weight excluding hydrogens is 377 g/mol. The lowest BCUT2D eigenvalue weighted by Crippen LogP contribution is -2.38. The molecule has 2 aromatic carbocycles. The van der Waals surface area contributed by atoms with Crippen molar-refractivity contribution in [3.05, 3.63) is 78.3 Å². The zero-order valence-electron chi connectivity index (χ0n) is 15.4. The minimum absolute atomic E-state index is 0.0286. The van der Waals surface area contributed by atoms with Crippen LogP contribution in [0.15, 0.2) is 66.9 Å². The van der Waals surface area contributed by atoms with Crippen LogP contribution in [0.2, 0.25) is 0 Å². The van der Waals surface area contributed by atoms with Gasteiger partial charge in [-0.05, 0) is 35.9 Å².